The molecule has 0 fully saturated rings. The summed E-state index contributed by atoms with van der Waals surface area (Å²) < 4.78 is 11.7. The van der Waals surface area contributed by atoms with E-state index in [2.05, 4.69) is 95.9 Å². The van der Waals surface area contributed by atoms with Gasteiger partial charge in [0.05, 0.1) is 22.4 Å². The van der Waals surface area contributed by atoms with Gasteiger partial charge in [0.25, 0.3) is 0 Å². The molecule has 37 heavy (non-hydrogen) atoms. The highest BCUT2D eigenvalue weighted by Gasteiger charge is 2.51. The van der Waals surface area contributed by atoms with Crippen molar-refractivity contribution in [2.45, 2.75) is 12.0 Å². The van der Waals surface area contributed by atoms with Crippen LogP contribution in [0.3, 0.4) is 0 Å². The van der Waals surface area contributed by atoms with Gasteiger partial charge in [0, 0.05) is 22.4 Å². The van der Waals surface area contributed by atoms with Gasteiger partial charge >= 0.3 is 5.97 Å². The van der Waals surface area contributed by atoms with Crippen molar-refractivity contribution >= 4 is 23.0 Å². The van der Waals surface area contributed by atoms with E-state index in [0.29, 0.717) is 12.2 Å². The lowest BCUT2D eigenvalue weighted by Crippen LogP contribution is -2.39. The summed E-state index contributed by atoms with van der Waals surface area (Å²) in [6, 6.07) is 39.9. The molecule has 5 aromatic carbocycles. The maximum atomic E-state index is 12.5. The van der Waals surface area contributed by atoms with Crippen LogP contribution >= 0.6 is 0 Å². The topological polar surface area (TPSA) is 38.8 Å². The molecule has 0 amide bonds. The van der Waals surface area contributed by atoms with Crippen LogP contribution in [-0.2, 0) is 16.8 Å². The zero-order valence-corrected chi connectivity index (χ0v) is 19.8. The van der Waals surface area contributed by atoms with Gasteiger partial charge < -0.3 is 14.4 Å². The third-order valence-corrected chi connectivity index (χ3v) is 7.83. The average Bonchev–Trinajstić information content (AvgIpc) is 3.33. The molecule has 4 heteroatoms. The molecule has 3 heterocycles. The molecule has 0 radical (unpaired) electrons. The molecular formula is C33H21NO3. The number of rotatable bonds is 1. The third-order valence-electron chi connectivity index (χ3n) is 7.83. The van der Waals surface area contributed by atoms with E-state index in [1.54, 1.807) is 0 Å². The van der Waals surface area contributed by atoms with Crippen LogP contribution in [-0.4, -0.2) is 5.97 Å². The molecule has 0 bridgehead atoms. The van der Waals surface area contributed by atoms with Crippen molar-refractivity contribution in [3.05, 3.63) is 149 Å². The van der Waals surface area contributed by atoms with Crippen molar-refractivity contribution in [1.82, 2.24) is 0 Å². The molecule has 5 aromatic rings. The summed E-state index contributed by atoms with van der Waals surface area (Å²) in [7, 11) is 0. The Morgan fingerprint density at radius 3 is 1.78 bits per heavy atom. The fraction of sp³-hybridized carbons (Fsp3) is 0.0606. The first-order chi connectivity index (χ1) is 18.3. The number of ether oxygens (including phenoxy) is 2. The van der Waals surface area contributed by atoms with Gasteiger partial charge in [-0.3, -0.25) is 0 Å². The Hall–Kier alpha value is -4.83. The van der Waals surface area contributed by atoms with E-state index < -0.39 is 5.41 Å². The number of carbonyl (C=O) groups excluding carboxylic acids is 1. The Labute approximate surface area is 214 Å². The minimum absolute atomic E-state index is 0.265. The minimum atomic E-state index is -0.565. The van der Waals surface area contributed by atoms with Crippen molar-refractivity contribution in [1.29, 1.82) is 0 Å². The van der Waals surface area contributed by atoms with E-state index in [1.807, 2.05) is 24.3 Å². The van der Waals surface area contributed by atoms with Gasteiger partial charge in [-0.1, -0.05) is 78.9 Å². The van der Waals surface area contributed by atoms with Gasteiger partial charge in [-0.05, 0) is 47.5 Å². The molecule has 3 aliphatic rings. The van der Waals surface area contributed by atoms with Gasteiger partial charge in [-0.15, -0.1) is 0 Å². The second kappa shape index (κ2) is 7.34. The molecule has 0 aliphatic carbocycles. The highest BCUT2D eigenvalue weighted by Crippen LogP contribution is 2.62. The van der Waals surface area contributed by atoms with Crippen LogP contribution in [0.25, 0.3) is 0 Å². The fourth-order valence-corrected chi connectivity index (χ4v) is 6.34. The summed E-state index contributed by atoms with van der Waals surface area (Å²) >= 11 is 0. The molecule has 0 aromatic heterocycles. The summed E-state index contributed by atoms with van der Waals surface area (Å²) in [5.41, 5.74) is 8.63. The molecule has 0 saturated carbocycles. The van der Waals surface area contributed by atoms with Crippen LogP contribution in [0.15, 0.2) is 115 Å². The number of fused-ring (bicyclic) bond motifs is 9. The molecule has 0 saturated heterocycles. The number of cyclic esters (lactones) is 1. The number of hydrogen-bond acceptors (Lipinski definition) is 4. The summed E-state index contributed by atoms with van der Waals surface area (Å²) in [5, 5.41) is 0. The molecule has 0 unspecified atom stereocenters. The molecule has 8 rings (SSSR count). The fourth-order valence-electron chi connectivity index (χ4n) is 6.34. The largest absolute Gasteiger partial charge is 0.457 e. The molecule has 176 valence electrons. The zero-order chi connectivity index (χ0) is 24.6. The summed E-state index contributed by atoms with van der Waals surface area (Å²) in [6.07, 6.45) is 0. The Balaban J connectivity index is 1.49. The van der Waals surface area contributed by atoms with Crippen molar-refractivity contribution in [2.24, 2.45) is 0 Å². The van der Waals surface area contributed by atoms with Crippen LogP contribution < -0.4 is 9.64 Å². The van der Waals surface area contributed by atoms with Crippen LogP contribution in [0.2, 0.25) is 0 Å². The second-order valence-electron chi connectivity index (χ2n) is 9.63. The van der Waals surface area contributed by atoms with E-state index >= 15 is 0 Å². The van der Waals surface area contributed by atoms with Gasteiger partial charge in [0.1, 0.15) is 18.1 Å². The highest BCUT2D eigenvalue weighted by atomic mass is 16.5. The molecule has 3 aliphatic heterocycles. The van der Waals surface area contributed by atoms with Crippen molar-refractivity contribution in [3.8, 4) is 11.5 Å². The Morgan fingerprint density at radius 1 is 0.622 bits per heavy atom. The Morgan fingerprint density at radius 2 is 1.16 bits per heavy atom. The van der Waals surface area contributed by atoms with E-state index in [4.69, 9.17) is 9.47 Å². The first-order valence-corrected chi connectivity index (χ1v) is 12.4. The predicted octanol–water partition coefficient (Wildman–Crippen LogP) is 7.63. The predicted molar refractivity (Wildman–Crippen MR) is 142 cm³/mol. The number of anilines is 3. The number of benzene rings is 5. The SMILES string of the molecule is O=C1OCc2ccc(N3c4ccccc4C4(c5ccccc5Oc5ccccc54)c4ccccc43)cc21. The Bertz CT molecular complexity index is 1660. The monoisotopic (exact) mass is 479 g/mol. The van der Waals surface area contributed by atoms with Crippen molar-refractivity contribution < 1.29 is 14.3 Å². The third kappa shape index (κ3) is 2.59. The normalized spacial score (nSPS) is 15.6. The lowest BCUT2D eigenvalue weighted by atomic mass is 9.61. The first-order valence-electron chi connectivity index (χ1n) is 12.4. The first kappa shape index (κ1) is 20.4. The van der Waals surface area contributed by atoms with Gasteiger partial charge in [0.15, 0.2) is 0 Å². The quantitative estimate of drug-likeness (QED) is 0.227. The van der Waals surface area contributed by atoms with Crippen LogP contribution in [0, 0.1) is 0 Å². The van der Waals surface area contributed by atoms with Crippen molar-refractivity contribution in [3.63, 3.8) is 0 Å². The molecular weight excluding hydrogens is 458 g/mol. The van der Waals surface area contributed by atoms with Gasteiger partial charge in [-0.2, -0.15) is 0 Å². The average molecular weight is 480 g/mol. The van der Waals surface area contributed by atoms with Crippen LogP contribution in [0.4, 0.5) is 17.1 Å². The smallest absolute Gasteiger partial charge is 0.338 e. The lowest BCUT2D eigenvalue weighted by Gasteiger charge is -2.48. The molecule has 0 atom stereocenters. The Kier molecular flexibility index (Phi) is 4.04. The summed E-state index contributed by atoms with van der Waals surface area (Å²) in [5.74, 6) is 1.46. The van der Waals surface area contributed by atoms with Gasteiger partial charge in [0.2, 0.25) is 0 Å². The van der Waals surface area contributed by atoms with Crippen molar-refractivity contribution in [2.75, 3.05) is 4.90 Å². The standard InChI is InChI=1S/C33H21NO3/c35-32-23-19-22(18-17-21(23)20-36-32)34-28-13-5-1-9-24(28)33(25-10-2-6-14-29(25)34)26-11-3-7-15-30(26)37-31-16-8-4-12-27(31)33/h1-19H,20H2. The molecule has 1 spiro atoms. The zero-order valence-electron chi connectivity index (χ0n) is 19.8. The van der Waals surface area contributed by atoms with E-state index in [-0.39, 0.29) is 5.97 Å². The minimum Gasteiger partial charge on any atom is -0.457 e. The summed E-state index contributed by atoms with van der Waals surface area (Å²) in [4.78, 5) is 14.7. The number of para-hydroxylation sites is 4. The van der Waals surface area contributed by atoms with E-state index in [9.17, 15) is 4.79 Å². The van der Waals surface area contributed by atoms with Crippen LogP contribution in [0.5, 0.6) is 11.5 Å². The molecule has 0 N–H and O–H groups in total. The maximum Gasteiger partial charge on any atom is 0.338 e. The van der Waals surface area contributed by atoms with Crippen LogP contribution in [0.1, 0.15) is 38.2 Å². The van der Waals surface area contributed by atoms with E-state index in [1.165, 1.54) is 11.1 Å². The maximum absolute atomic E-state index is 12.5. The number of carbonyl (C=O) groups is 1. The highest BCUT2D eigenvalue weighted by molar-refractivity contribution is 5.97. The number of nitrogens with zero attached hydrogens (tertiary/aromatic N) is 1. The van der Waals surface area contributed by atoms with Gasteiger partial charge in [-0.25, -0.2) is 4.79 Å². The lowest BCUT2D eigenvalue weighted by molar-refractivity contribution is 0.0535. The van der Waals surface area contributed by atoms with E-state index in [0.717, 1.165) is 45.3 Å². The summed E-state index contributed by atoms with van der Waals surface area (Å²) in [6.45, 7) is 0.332. The number of hydrogen-bond donors (Lipinski definition) is 0. The molecule has 4 nitrogen and oxygen atoms in total. The number of esters is 1. The second-order valence-corrected chi connectivity index (χ2v) is 9.63.